The van der Waals surface area contributed by atoms with Crippen LogP contribution >= 0.6 is 0 Å². The van der Waals surface area contributed by atoms with E-state index in [1.54, 1.807) is 18.6 Å². The van der Waals surface area contributed by atoms with Crippen molar-refractivity contribution in [2.24, 2.45) is 11.8 Å². The van der Waals surface area contributed by atoms with Crippen LogP contribution in [0.15, 0.2) is 49.2 Å². The summed E-state index contributed by atoms with van der Waals surface area (Å²) in [5.74, 6) is 1.65. The molecular weight excluding hydrogens is 383 g/mol. The highest BCUT2D eigenvalue weighted by Gasteiger charge is 2.60. The van der Waals surface area contributed by atoms with Gasteiger partial charge in [-0.05, 0) is 42.9 Å². The molecule has 8 heteroatoms. The lowest BCUT2D eigenvalue weighted by Gasteiger charge is -2.28. The first-order valence-electron chi connectivity index (χ1n) is 9.96. The van der Waals surface area contributed by atoms with Crippen LogP contribution in [-0.4, -0.2) is 37.9 Å². The maximum absolute atomic E-state index is 13.2. The van der Waals surface area contributed by atoms with Gasteiger partial charge in [0.25, 0.3) is 0 Å². The highest BCUT2D eigenvalue weighted by Crippen LogP contribution is 2.54. The number of aromatic nitrogens is 4. The Labute approximate surface area is 173 Å². The molecule has 3 aromatic rings. The van der Waals surface area contributed by atoms with E-state index in [0.717, 1.165) is 35.8 Å². The average Bonchev–Trinajstić information content (AvgIpc) is 3.20. The molecule has 1 N–H and O–H groups in total. The van der Waals surface area contributed by atoms with E-state index in [1.807, 2.05) is 25.1 Å². The second kappa shape index (κ2) is 7.12. The van der Waals surface area contributed by atoms with Crippen molar-refractivity contribution in [2.75, 3.05) is 10.2 Å². The van der Waals surface area contributed by atoms with Crippen LogP contribution in [0.4, 0.5) is 15.9 Å². The maximum Gasteiger partial charge on any atom is 0.247 e. The molecule has 7 nitrogen and oxygen atoms in total. The average molecular weight is 404 g/mol. The number of hydrogen-bond acceptors (Lipinski definition) is 6. The van der Waals surface area contributed by atoms with Crippen molar-refractivity contribution >= 4 is 17.4 Å². The second-order valence-corrected chi connectivity index (χ2v) is 7.98. The number of rotatable bonds is 4. The number of carbonyl (C=O) groups excluding carboxylic acids is 1. The molecule has 1 saturated carbocycles. The van der Waals surface area contributed by atoms with Gasteiger partial charge in [-0.2, -0.15) is 0 Å². The number of aryl methyl sites for hydroxylation is 1. The SMILES string of the molecule is Cc1ccc(NC(=O)[C@H]2CC3C(C)C3N2c2cnccn2)cc1-c1ncc(F)cn1. The molecule has 1 amide bonds. The minimum atomic E-state index is -0.487. The summed E-state index contributed by atoms with van der Waals surface area (Å²) in [6.07, 6.45) is 8.07. The summed E-state index contributed by atoms with van der Waals surface area (Å²) >= 11 is 0. The zero-order chi connectivity index (χ0) is 20.8. The first-order valence-corrected chi connectivity index (χ1v) is 9.96. The van der Waals surface area contributed by atoms with Crippen molar-refractivity contribution in [3.63, 3.8) is 0 Å². The summed E-state index contributed by atoms with van der Waals surface area (Å²) in [5.41, 5.74) is 2.35. The van der Waals surface area contributed by atoms with Gasteiger partial charge in [-0.1, -0.05) is 13.0 Å². The number of benzene rings is 1. The molecule has 3 heterocycles. The van der Waals surface area contributed by atoms with Crippen LogP contribution in [0.2, 0.25) is 0 Å². The van der Waals surface area contributed by atoms with Gasteiger partial charge in [-0.15, -0.1) is 0 Å². The van der Waals surface area contributed by atoms with Gasteiger partial charge in [0, 0.05) is 29.7 Å². The molecule has 0 radical (unpaired) electrons. The first kappa shape index (κ1) is 18.6. The smallest absolute Gasteiger partial charge is 0.247 e. The van der Waals surface area contributed by atoms with Crippen LogP contribution in [0, 0.1) is 24.6 Å². The Morgan fingerprint density at radius 3 is 2.70 bits per heavy atom. The first-order chi connectivity index (χ1) is 14.5. The number of nitrogens with one attached hydrogen (secondary N) is 1. The molecule has 0 bridgehead atoms. The summed E-state index contributed by atoms with van der Waals surface area (Å²) in [6, 6.07) is 5.61. The Morgan fingerprint density at radius 1 is 1.17 bits per heavy atom. The number of anilines is 2. The number of carbonyl (C=O) groups is 1. The third-order valence-corrected chi connectivity index (χ3v) is 6.15. The van der Waals surface area contributed by atoms with E-state index in [2.05, 4.69) is 37.1 Å². The van der Waals surface area contributed by atoms with Gasteiger partial charge >= 0.3 is 0 Å². The molecule has 152 valence electrons. The van der Waals surface area contributed by atoms with Crippen molar-refractivity contribution in [1.82, 2.24) is 19.9 Å². The summed E-state index contributed by atoms with van der Waals surface area (Å²) < 4.78 is 13.2. The quantitative estimate of drug-likeness (QED) is 0.719. The Morgan fingerprint density at radius 2 is 1.97 bits per heavy atom. The van der Waals surface area contributed by atoms with Crippen molar-refractivity contribution in [2.45, 2.75) is 32.4 Å². The van der Waals surface area contributed by atoms with Gasteiger partial charge in [0.05, 0.1) is 18.6 Å². The highest BCUT2D eigenvalue weighted by atomic mass is 19.1. The lowest BCUT2D eigenvalue weighted by Crippen LogP contribution is -2.43. The number of piperidine rings is 1. The summed E-state index contributed by atoms with van der Waals surface area (Å²) in [7, 11) is 0. The molecule has 5 rings (SSSR count). The lowest BCUT2D eigenvalue weighted by molar-refractivity contribution is -0.117. The molecular formula is C22H21FN6O. The number of halogens is 1. The second-order valence-electron chi connectivity index (χ2n) is 7.98. The van der Waals surface area contributed by atoms with E-state index in [0.29, 0.717) is 29.4 Å². The van der Waals surface area contributed by atoms with Crippen LogP contribution in [0.1, 0.15) is 18.9 Å². The number of fused-ring (bicyclic) bond motifs is 1. The van der Waals surface area contributed by atoms with Crippen LogP contribution in [-0.2, 0) is 4.79 Å². The third-order valence-electron chi connectivity index (χ3n) is 6.15. The lowest BCUT2D eigenvalue weighted by atomic mass is 10.1. The number of amides is 1. The van der Waals surface area contributed by atoms with Crippen molar-refractivity contribution in [1.29, 1.82) is 0 Å². The zero-order valence-electron chi connectivity index (χ0n) is 16.7. The predicted molar refractivity (Wildman–Crippen MR) is 110 cm³/mol. The maximum atomic E-state index is 13.2. The van der Waals surface area contributed by atoms with E-state index in [9.17, 15) is 9.18 Å². The van der Waals surface area contributed by atoms with Crippen LogP contribution in [0.3, 0.4) is 0 Å². The van der Waals surface area contributed by atoms with E-state index >= 15 is 0 Å². The molecule has 1 aromatic carbocycles. The Kier molecular flexibility index (Phi) is 4.42. The summed E-state index contributed by atoms with van der Waals surface area (Å²) in [6.45, 7) is 4.14. The van der Waals surface area contributed by atoms with E-state index < -0.39 is 5.82 Å². The molecule has 1 saturated heterocycles. The molecule has 1 aliphatic carbocycles. The van der Waals surface area contributed by atoms with E-state index in [4.69, 9.17) is 0 Å². The molecule has 3 unspecified atom stereocenters. The van der Waals surface area contributed by atoms with Crippen molar-refractivity contribution in [3.05, 3.63) is 60.6 Å². The number of nitrogens with zero attached hydrogens (tertiary/aromatic N) is 5. The largest absolute Gasteiger partial charge is 0.340 e. The van der Waals surface area contributed by atoms with Crippen molar-refractivity contribution in [3.8, 4) is 11.4 Å². The molecule has 0 spiro atoms. The van der Waals surface area contributed by atoms with Crippen LogP contribution in [0.5, 0.6) is 0 Å². The fraction of sp³-hybridized carbons (Fsp3) is 0.318. The Bertz CT molecular complexity index is 1090. The molecule has 2 aromatic heterocycles. The van der Waals surface area contributed by atoms with Gasteiger partial charge < -0.3 is 10.2 Å². The Hall–Kier alpha value is -3.42. The fourth-order valence-electron chi connectivity index (χ4n) is 4.50. The molecule has 1 aliphatic heterocycles. The van der Waals surface area contributed by atoms with Gasteiger partial charge in [0.1, 0.15) is 11.9 Å². The highest BCUT2D eigenvalue weighted by molar-refractivity contribution is 5.98. The van der Waals surface area contributed by atoms with Crippen molar-refractivity contribution < 1.29 is 9.18 Å². The normalized spacial score (nSPS) is 24.4. The molecule has 2 fully saturated rings. The Balaban J connectivity index is 1.39. The van der Waals surface area contributed by atoms with E-state index in [1.165, 1.54) is 0 Å². The summed E-state index contributed by atoms with van der Waals surface area (Å²) in [4.78, 5) is 32.0. The zero-order valence-corrected chi connectivity index (χ0v) is 16.7. The third kappa shape index (κ3) is 3.18. The van der Waals surface area contributed by atoms with Gasteiger partial charge in [-0.3, -0.25) is 9.78 Å². The van der Waals surface area contributed by atoms with E-state index in [-0.39, 0.29) is 11.9 Å². The van der Waals surface area contributed by atoms with Crippen LogP contribution < -0.4 is 10.2 Å². The molecule has 30 heavy (non-hydrogen) atoms. The monoisotopic (exact) mass is 404 g/mol. The predicted octanol–water partition coefficient (Wildman–Crippen LogP) is 3.23. The number of hydrogen-bond donors (Lipinski definition) is 1. The summed E-state index contributed by atoms with van der Waals surface area (Å²) in [5, 5.41) is 3.03. The topological polar surface area (TPSA) is 83.9 Å². The fourth-order valence-corrected chi connectivity index (χ4v) is 4.50. The minimum absolute atomic E-state index is 0.0742. The molecule has 4 atom stereocenters. The minimum Gasteiger partial charge on any atom is -0.340 e. The van der Waals surface area contributed by atoms with Crippen LogP contribution in [0.25, 0.3) is 11.4 Å². The standard InChI is InChI=1S/C22H21FN6O/c1-12-3-4-15(7-16(12)21-26-9-14(23)10-27-21)28-22(30)18-8-17-13(2)20(17)29(18)19-11-24-5-6-25-19/h3-7,9-11,13,17-18,20H,8H2,1-2H3,(H,28,30)/t13?,17?,18-,20?/m1/s1. The molecule has 2 aliphatic rings. The van der Waals surface area contributed by atoms with Gasteiger partial charge in [0.2, 0.25) is 5.91 Å². The van der Waals surface area contributed by atoms with Gasteiger partial charge in [-0.25, -0.2) is 19.3 Å². The van der Waals surface area contributed by atoms with Gasteiger partial charge in [0.15, 0.2) is 11.6 Å².